The summed E-state index contributed by atoms with van der Waals surface area (Å²) in [7, 11) is 0. The van der Waals surface area contributed by atoms with Crippen LogP contribution in [0.25, 0.3) is 0 Å². The number of piperidine rings is 1. The van der Waals surface area contributed by atoms with E-state index < -0.39 is 6.09 Å². The average molecular weight is 391 g/mol. The molecule has 0 aromatic heterocycles. The Morgan fingerprint density at radius 2 is 1.86 bits per heavy atom. The SMILES string of the molecule is CCCCCCCCOc1cccc(NC(=O)O[C@H](C)CN2CCCCC2)c1. The fourth-order valence-electron chi connectivity index (χ4n) is 3.61. The molecule has 0 unspecified atom stereocenters. The zero-order valence-corrected chi connectivity index (χ0v) is 17.8. The molecule has 1 atom stereocenters. The van der Waals surface area contributed by atoms with Gasteiger partial charge in [0.15, 0.2) is 0 Å². The Morgan fingerprint density at radius 1 is 1.11 bits per heavy atom. The summed E-state index contributed by atoms with van der Waals surface area (Å²) >= 11 is 0. The third-order valence-electron chi connectivity index (χ3n) is 5.12. The lowest BCUT2D eigenvalue weighted by Gasteiger charge is -2.28. The predicted octanol–water partition coefficient (Wildman–Crippen LogP) is 5.85. The number of hydrogen-bond donors (Lipinski definition) is 1. The molecule has 1 heterocycles. The van der Waals surface area contributed by atoms with Crippen molar-refractivity contribution in [1.82, 2.24) is 4.90 Å². The lowest BCUT2D eigenvalue weighted by atomic mass is 10.1. The minimum Gasteiger partial charge on any atom is -0.494 e. The predicted molar refractivity (Wildman–Crippen MR) is 115 cm³/mol. The summed E-state index contributed by atoms with van der Waals surface area (Å²) in [6.07, 6.45) is 10.7. The minimum absolute atomic E-state index is 0.120. The van der Waals surface area contributed by atoms with Gasteiger partial charge in [-0.05, 0) is 51.4 Å². The lowest BCUT2D eigenvalue weighted by molar-refractivity contribution is 0.0833. The van der Waals surface area contributed by atoms with E-state index in [-0.39, 0.29) is 6.10 Å². The number of rotatable bonds is 12. The topological polar surface area (TPSA) is 50.8 Å². The number of ether oxygens (including phenoxy) is 2. The third-order valence-corrected chi connectivity index (χ3v) is 5.12. The summed E-state index contributed by atoms with van der Waals surface area (Å²) < 4.78 is 11.3. The Kier molecular flexibility index (Phi) is 10.8. The van der Waals surface area contributed by atoms with E-state index in [1.54, 1.807) is 0 Å². The molecule has 1 amide bonds. The molecule has 1 aliphatic rings. The largest absolute Gasteiger partial charge is 0.494 e. The Morgan fingerprint density at radius 3 is 2.64 bits per heavy atom. The van der Waals surface area contributed by atoms with Crippen molar-refractivity contribution in [2.75, 3.05) is 31.6 Å². The van der Waals surface area contributed by atoms with E-state index in [9.17, 15) is 4.79 Å². The number of carbonyl (C=O) groups is 1. The highest BCUT2D eigenvalue weighted by Crippen LogP contribution is 2.18. The molecule has 1 aromatic carbocycles. The Labute approximate surface area is 170 Å². The molecule has 158 valence electrons. The van der Waals surface area contributed by atoms with E-state index in [2.05, 4.69) is 17.1 Å². The number of nitrogens with zero attached hydrogens (tertiary/aromatic N) is 1. The van der Waals surface area contributed by atoms with Gasteiger partial charge >= 0.3 is 6.09 Å². The van der Waals surface area contributed by atoms with E-state index in [1.807, 2.05) is 31.2 Å². The van der Waals surface area contributed by atoms with Crippen LogP contribution >= 0.6 is 0 Å². The minimum atomic E-state index is -0.405. The van der Waals surface area contributed by atoms with Gasteiger partial charge in [-0.15, -0.1) is 0 Å². The summed E-state index contributed by atoms with van der Waals surface area (Å²) in [6.45, 7) is 7.91. The summed E-state index contributed by atoms with van der Waals surface area (Å²) in [5.41, 5.74) is 0.704. The maximum absolute atomic E-state index is 12.2. The van der Waals surface area contributed by atoms with Crippen LogP contribution in [0.15, 0.2) is 24.3 Å². The Bertz CT molecular complexity index is 559. The summed E-state index contributed by atoms with van der Waals surface area (Å²) in [5.74, 6) is 0.785. The second kappa shape index (κ2) is 13.4. The van der Waals surface area contributed by atoms with E-state index in [0.29, 0.717) is 12.3 Å². The molecule has 0 saturated carbocycles. The molecule has 0 aliphatic carbocycles. The van der Waals surface area contributed by atoms with Crippen molar-refractivity contribution in [3.8, 4) is 5.75 Å². The van der Waals surface area contributed by atoms with Gasteiger partial charge in [-0.1, -0.05) is 51.5 Å². The van der Waals surface area contributed by atoms with Gasteiger partial charge < -0.3 is 9.47 Å². The molecule has 1 aliphatic heterocycles. The summed E-state index contributed by atoms with van der Waals surface area (Å²) in [4.78, 5) is 14.5. The number of nitrogens with one attached hydrogen (secondary N) is 1. The molecule has 1 saturated heterocycles. The summed E-state index contributed by atoms with van der Waals surface area (Å²) in [5, 5.41) is 2.82. The number of amides is 1. The average Bonchev–Trinajstić information content (AvgIpc) is 2.68. The highest BCUT2D eigenvalue weighted by atomic mass is 16.6. The van der Waals surface area contributed by atoms with Crippen LogP contribution in [-0.2, 0) is 4.74 Å². The van der Waals surface area contributed by atoms with Gasteiger partial charge in [-0.2, -0.15) is 0 Å². The Balaban J connectivity index is 1.65. The standard InChI is InChI=1S/C23H38N2O3/c1-3-4-5-6-7-11-17-27-22-14-12-13-21(18-22)24-23(26)28-20(2)19-25-15-9-8-10-16-25/h12-14,18,20H,3-11,15-17,19H2,1-2H3,(H,24,26)/t20-/m1/s1. The van der Waals surface area contributed by atoms with Crippen LogP contribution in [0, 0.1) is 0 Å². The van der Waals surface area contributed by atoms with E-state index in [4.69, 9.17) is 9.47 Å². The molecule has 5 nitrogen and oxygen atoms in total. The summed E-state index contributed by atoms with van der Waals surface area (Å²) in [6, 6.07) is 7.53. The smallest absolute Gasteiger partial charge is 0.411 e. The van der Waals surface area contributed by atoms with Crippen LogP contribution in [0.5, 0.6) is 5.75 Å². The second-order valence-corrected chi connectivity index (χ2v) is 7.85. The number of benzene rings is 1. The molecule has 2 rings (SSSR count). The van der Waals surface area contributed by atoms with E-state index >= 15 is 0 Å². The molecule has 0 spiro atoms. The van der Waals surface area contributed by atoms with Crippen molar-refractivity contribution in [2.45, 2.75) is 77.7 Å². The molecule has 28 heavy (non-hydrogen) atoms. The zero-order chi connectivity index (χ0) is 20.0. The first-order valence-corrected chi connectivity index (χ1v) is 11.1. The maximum atomic E-state index is 12.2. The lowest BCUT2D eigenvalue weighted by Crippen LogP contribution is -2.37. The van der Waals surface area contributed by atoms with E-state index in [1.165, 1.54) is 51.4 Å². The van der Waals surface area contributed by atoms with Crippen LogP contribution in [0.1, 0.15) is 71.6 Å². The number of likely N-dealkylation sites (tertiary alicyclic amines) is 1. The molecule has 1 N–H and O–H groups in total. The monoisotopic (exact) mass is 390 g/mol. The fraction of sp³-hybridized carbons (Fsp3) is 0.696. The normalized spacial score (nSPS) is 15.8. The van der Waals surface area contributed by atoms with Crippen molar-refractivity contribution in [2.24, 2.45) is 0 Å². The van der Waals surface area contributed by atoms with Gasteiger partial charge in [0, 0.05) is 18.3 Å². The first-order chi connectivity index (χ1) is 13.7. The van der Waals surface area contributed by atoms with Crippen molar-refractivity contribution < 1.29 is 14.3 Å². The first-order valence-electron chi connectivity index (χ1n) is 11.1. The van der Waals surface area contributed by atoms with Crippen molar-refractivity contribution >= 4 is 11.8 Å². The van der Waals surface area contributed by atoms with Gasteiger partial charge in [0.1, 0.15) is 11.9 Å². The van der Waals surface area contributed by atoms with Crippen molar-refractivity contribution in [1.29, 1.82) is 0 Å². The molecule has 1 aromatic rings. The third kappa shape index (κ3) is 9.45. The van der Waals surface area contributed by atoms with Crippen LogP contribution in [-0.4, -0.2) is 43.3 Å². The van der Waals surface area contributed by atoms with Gasteiger partial charge in [-0.3, -0.25) is 10.2 Å². The number of unbranched alkanes of at least 4 members (excludes halogenated alkanes) is 5. The molecule has 0 bridgehead atoms. The Hall–Kier alpha value is -1.75. The second-order valence-electron chi connectivity index (χ2n) is 7.85. The zero-order valence-electron chi connectivity index (χ0n) is 17.8. The van der Waals surface area contributed by atoms with Gasteiger partial charge in [0.05, 0.1) is 6.61 Å². The van der Waals surface area contributed by atoms with E-state index in [0.717, 1.165) is 31.8 Å². The number of carbonyl (C=O) groups excluding carboxylic acids is 1. The molecular weight excluding hydrogens is 352 g/mol. The molecule has 1 fully saturated rings. The number of anilines is 1. The quantitative estimate of drug-likeness (QED) is 0.455. The number of hydrogen-bond acceptors (Lipinski definition) is 4. The van der Waals surface area contributed by atoms with Gasteiger partial charge in [0.25, 0.3) is 0 Å². The molecular formula is C23H38N2O3. The highest BCUT2D eigenvalue weighted by molar-refractivity contribution is 5.84. The van der Waals surface area contributed by atoms with Crippen LogP contribution < -0.4 is 10.1 Å². The van der Waals surface area contributed by atoms with Gasteiger partial charge in [-0.25, -0.2) is 4.79 Å². The first kappa shape index (κ1) is 22.5. The van der Waals surface area contributed by atoms with Gasteiger partial charge in [0.2, 0.25) is 0 Å². The van der Waals surface area contributed by atoms with Crippen LogP contribution in [0.2, 0.25) is 0 Å². The van der Waals surface area contributed by atoms with Crippen LogP contribution in [0.3, 0.4) is 0 Å². The highest BCUT2D eigenvalue weighted by Gasteiger charge is 2.16. The van der Waals surface area contributed by atoms with Crippen molar-refractivity contribution in [3.05, 3.63) is 24.3 Å². The molecule has 5 heteroatoms. The maximum Gasteiger partial charge on any atom is 0.411 e. The van der Waals surface area contributed by atoms with Crippen LogP contribution in [0.4, 0.5) is 10.5 Å². The van der Waals surface area contributed by atoms with Crippen molar-refractivity contribution in [3.63, 3.8) is 0 Å². The fourth-order valence-corrected chi connectivity index (χ4v) is 3.61. The molecule has 0 radical (unpaired) electrons.